The Bertz CT molecular complexity index is 207. The van der Waals surface area contributed by atoms with Crippen LogP contribution in [0.2, 0.25) is 0 Å². The Morgan fingerprint density at radius 2 is 2.40 bits per heavy atom. The van der Waals surface area contributed by atoms with E-state index in [9.17, 15) is 0 Å². The molecule has 0 aliphatic carbocycles. The lowest BCUT2D eigenvalue weighted by atomic mass is 10.6. The molecule has 2 nitrogen and oxygen atoms in total. The average molecular weight is 174 g/mol. The van der Waals surface area contributed by atoms with Crippen LogP contribution in [0.15, 0.2) is 9.72 Å². The molecule has 0 bridgehead atoms. The van der Waals surface area contributed by atoms with Gasteiger partial charge in [-0.05, 0) is 0 Å². The van der Waals surface area contributed by atoms with Gasteiger partial charge in [0.2, 0.25) is 0 Å². The normalized spacial score (nSPS) is 10.7. The second kappa shape index (κ2) is 3.25. The van der Waals surface area contributed by atoms with Crippen molar-refractivity contribution in [1.29, 1.82) is 0 Å². The number of thioether (sulfide) groups is 1. The summed E-state index contributed by atoms with van der Waals surface area (Å²) in [6, 6.07) is 0. The van der Waals surface area contributed by atoms with Gasteiger partial charge in [0.15, 0.2) is 4.34 Å². The molecule has 0 saturated carbocycles. The topological polar surface area (TPSA) is 38.9 Å². The lowest BCUT2D eigenvalue weighted by Crippen LogP contribution is -1.86. The van der Waals surface area contributed by atoms with E-state index in [0.717, 1.165) is 4.34 Å². The molecule has 1 aromatic rings. The van der Waals surface area contributed by atoms with Gasteiger partial charge in [0.1, 0.15) is 5.82 Å². The molecule has 0 unspecified atom stereocenters. The van der Waals surface area contributed by atoms with Crippen molar-refractivity contribution in [2.75, 3.05) is 5.73 Å². The molecule has 4 heteroatoms. The standard InChI is InChI=1S/C6H10N2S2/c1-4(2)10-6-8-5(7)3-9-6/h3-4H,7H2,1-2H3. The first-order valence-electron chi connectivity index (χ1n) is 3.06. The van der Waals surface area contributed by atoms with Crippen molar-refractivity contribution in [1.82, 2.24) is 4.98 Å². The molecular formula is C6H10N2S2. The molecule has 1 heterocycles. The number of rotatable bonds is 2. The maximum atomic E-state index is 5.44. The minimum atomic E-state index is 0.588. The van der Waals surface area contributed by atoms with Crippen molar-refractivity contribution in [2.45, 2.75) is 23.4 Å². The van der Waals surface area contributed by atoms with E-state index in [1.165, 1.54) is 0 Å². The molecule has 0 aliphatic rings. The fraction of sp³-hybridized carbons (Fsp3) is 0.500. The van der Waals surface area contributed by atoms with E-state index in [1.54, 1.807) is 23.1 Å². The van der Waals surface area contributed by atoms with E-state index >= 15 is 0 Å². The maximum Gasteiger partial charge on any atom is 0.152 e. The van der Waals surface area contributed by atoms with Crippen LogP contribution >= 0.6 is 23.1 Å². The Morgan fingerprint density at radius 3 is 2.80 bits per heavy atom. The lowest BCUT2D eigenvalue weighted by Gasteiger charge is -1.97. The zero-order chi connectivity index (χ0) is 7.56. The predicted molar refractivity (Wildman–Crippen MR) is 47.5 cm³/mol. The van der Waals surface area contributed by atoms with Gasteiger partial charge in [0, 0.05) is 10.6 Å². The number of aromatic nitrogens is 1. The highest BCUT2D eigenvalue weighted by molar-refractivity contribution is 8.01. The number of nitrogens with zero attached hydrogens (tertiary/aromatic N) is 1. The maximum absolute atomic E-state index is 5.44. The quantitative estimate of drug-likeness (QED) is 0.699. The van der Waals surface area contributed by atoms with E-state index < -0.39 is 0 Å². The Labute approximate surface area is 68.8 Å². The summed E-state index contributed by atoms with van der Waals surface area (Å²) < 4.78 is 1.06. The van der Waals surface area contributed by atoms with Gasteiger partial charge in [-0.15, -0.1) is 11.3 Å². The van der Waals surface area contributed by atoms with E-state index in [4.69, 9.17) is 5.73 Å². The van der Waals surface area contributed by atoms with Crippen LogP contribution in [0.4, 0.5) is 5.82 Å². The van der Waals surface area contributed by atoms with Crippen LogP contribution in [0.5, 0.6) is 0 Å². The van der Waals surface area contributed by atoms with Crippen molar-refractivity contribution in [3.63, 3.8) is 0 Å². The highest BCUT2D eigenvalue weighted by Crippen LogP contribution is 2.26. The first-order chi connectivity index (χ1) is 4.68. The monoisotopic (exact) mass is 174 g/mol. The zero-order valence-corrected chi connectivity index (χ0v) is 7.63. The van der Waals surface area contributed by atoms with E-state index in [0.29, 0.717) is 11.1 Å². The Kier molecular flexibility index (Phi) is 2.56. The molecule has 10 heavy (non-hydrogen) atoms. The summed E-state index contributed by atoms with van der Waals surface area (Å²) in [5, 5.41) is 2.45. The van der Waals surface area contributed by atoms with Crippen molar-refractivity contribution in [3.05, 3.63) is 5.38 Å². The molecule has 0 aliphatic heterocycles. The van der Waals surface area contributed by atoms with Crippen LogP contribution in [0.1, 0.15) is 13.8 Å². The lowest BCUT2D eigenvalue weighted by molar-refractivity contribution is 1.10. The minimum Gasteiger partial charge on any atom is -0.383 e. The summed E-state index contributed by atoms with van der Waals surface area (Å²) in [6.45, 7) is 4.28. The second-order valence-corrected chi connectivity index (χ2v) is 4.89. The highest BCUT2D eigenvalue weighted by atomic mass is 32.2. The molecule has 0 fully saturated rings. The smallest absolute Gasteiger partial charge is 0.152 e. The number of hydrogen-bond acceptors (Lipinski definition) is 4. The largest absolute Gasteiger partial charge is 0.383 e. The molecule has 0 saturated heterocycles. The van der Waals surface area contributed by atoms with Crippen molar-refractivity contribution < 1.29 is 0 Å². The zero-order valence-electron chi connectivity index (χ0n) is 6.00. The van der Waals surface area contributed by atoms with Gasteiger partial charge < -0.3 is 5.73 Å². The van der Waals surface area contributed by atoms with Gasteiger partial charge >= 0.3 is 0 Å². The number of thiazole rings is 1. The third kappa shape index (κ3) is 2.19. The van der Waals surface area contributed by atoms with Crippen LogP contribution < -0.4 is 5.73 Å². The van der Waals surface area contributed by atoms with Gasteiger partial charge in [-0.1, -0.05) is 25.6 Å². The molecule has 0 aromatic carbocycles. The number of hydrogen-bond donors (Lipinski definition) is 1. The summed E-state index contributed by atoms with van der Waals surface area (Å²) in [5.41, 5.74) is 5.44. The fourth-order valence-electron chi connectivity index (χ4n) is 0.525. The van der Waals surface area contributed by atoms with Crippen LogP contribution in [0.3, 0.4) is 0 Å². The molecule has 0 radical (unpaired) electrons. The van der Waals surface area contributed by atoms with Gasteiger partial charge in [-0.2, -0.15) is 0 Å². The molecule has 0 amide bonds. The van der Waals surface area contributed by atoms with Crippen molar-refractivity contribution in [3.8, 4) is 0 Å². The summed E-state index contributed by atoms with van der Waals surface area (Å²) in [4.78, 5) is 4.11. The summed E-state index contributed by atoms with van der Waals surface area (Å²) in [6.07, 6.45) is 0. The van der Waals surface area contributed by atoms with Crippen molar-refractivity contribution >= 4 is 28.9 Å². The predicted octanol–water partition coefficient (Wildman–Crippen LogP) is 2.23. The Hall–Kier alpha value is -0.220. The van der Waals surface area contributed by atoms with Crippen LogP contribution in [0, 0.1) is 0 Å². The van der Waals surface area contributed by atoms with Crippen LogP contribution in [-0.2, 0) is 0 Å². The first-order valence-corrected chi connectivity index (χ1v) is 4.82. The molecule has 0 spiro atoms. The first kappa shape index (κ1) is 7.88. The van der Waals surface area contributed by atoms with Gasteiger partial charge in [-0.25, -0.2) is 4.98 Å². The van der Waals surface area contributed by atoms with Crippen LogP contribution in [0.25, 0.3) is 0 Å². The molecule has 1 rings (SSSR count). The fourth-order valence-corrected chi connectivity index (χ4v) is 2.46. The van der Waals surface area contributed by atoms with Gasteiger partial charge in [0.25, 0.3) is 0 Å². The van der Waals surface area contributed by atoms with Crippen molar-refractivity contribution in [2.24, 2.45) is 0 Å². The van der Waals surface area contributed by atoms with Gasteiger partial charge in [-0.3, -0.25) is 0 Å². The van der Waals surface area contributed by atoms with E-state index in [1.807, 2.05) is 5.38 Å². The minimum absolute atomic E-state index is 0.588. The average Bonchev–Trinajstić information content (AvgIpc) is 2.13. The summed E-state index contributed by atoms with van der Waals surface area (Å²) >= 11 is 3.35. The molecular weight excluding hydrogens is 164 g/mol. The van der Waals surface area contributed by atoms with Gasteiger partial charge in [0.05, 0.1) is 0 Å². The number of nitrogen functional groups attached to an aromatic ring is 1. The highest BCUT2D eigenvalue weighted by Gasteiger charge is 2.01. The third-order valence-electron chi connectivity index (χ3n) is 0.837. The van der Waals surface area contributed by atoms with Crippen LogP contribution in [-0.4, -0.2) is 10.2 Å². The van der Waals surface area contributed by atoms with E-state index in [2.05, 4.69) is 18.8 Å². The molecule has 56 valence electrons. The molecule has 1 aromatic heterocycles. The number of anilines is 1. The second-order valence-electron chi connectivity index (χ2n) is 2.20. The molecule has 0 atom stereocenters. The molecule has 2 N–H and O–H groups in total. The number of nitrogens with two attached hydrogens (primary N) is 1. The third-order valence-corrected chi connectivity index (χ3v) is 2.83. The summed E-state index contributed by atoms with van der Waals surface area (Å²) in [5.74, 6) is 0.633. The SMILES string of the molecule is CC(C)Sc1nc(N)cs1. The Balaban J connectivity index is 2.58. The van der Waals surface area contributed by atoms with E-state index in [-0.39, 0.29) is 0 Å². The summed E-state index contributed by atoms with van der Waals surface area (Å²) in [7, 11) is 0. The Morgan fingerprint density at radius 1 is 1.70 bits per heavy atom.